The lowest BCUT2D eigenvalue weighted by Gasteiger charge is -2.11. The van der Waals surface area contributed by atoms with Crippen molar-refractivity contribution >= 4 is 35.2 Å². The molecule has 6 nitrogen and oxygen atoms in total. The largest absolute Gasteiger partial charge is 0.465 e. The molecule has 0 saturated carbocycles. The molecule has 1 heterocycles. The van der Waals surface area contributed by atoms with E-state index in [0.29, 0.717) is 16.3 Å². The first kappa shape index (κ1) is 22.9. The van der Waals surface area contributed by atoms with Crippen molar-refractivity contribution in [2.45, 2.75) is 20.8 Å². The summed E-state index contributed by atoms with van der Waals surface area (Å²) in [5.41, 5.74) is 5.27. The van der Waals surface area contributed by atoms with E-state index in [9.17, 15) is 14.9 Å². The Balaban J connectivity index is 1.87. The summed E-state index contributed by atoms with van der Waals surface area (Å²) in [5.74, 6) is -1.01. The molecular formula is C25H22ClN3O3. The molecule has 0 radical (unpaired) electrons. The number of methoxy groups -OCH3 is 1. The summed E-state index contributed by atoms with van der Waals surface area (Å²) in [7, 11) is 1.30. The van der Waals surface area contributed by atoms with Crippen LogP contribution in [0.15, 0.2) is 54.1 Å². The maximum atomic E-state index is 12.7. The highest BCUT2D eigenvalue weighted by Gasteiger charge is 2.15. The Morgan fingerprint density at radius 1 is 1.09 bits per heavy atom. The van der Waals surface area contributed by atoms with Crippen molar-refractivity contribution in [2.24, 2.45) is 0 Å². The molecule has 0 bridgehead atoms. The second kappa shape index (κ2) is 9.54. The molecule has 0 unspecified atom stereocenters. The third-order valence-corrected chi connectivity index (χ3v) is 5.52. The topological polar surface area (TPSA) is 84.1 Å². The van der Waals surface area contributed by atoms with Gasteiger partial charge in [0.1, 0.15) is 11.6 Å². The van der Waals surface area contributed by atoms with Crippen LogP contribution in [0.4, 0.5) is 5.69 Å². The maximum Gasteiger partial charge on any atom is 0.337 e. The number of rotatable bonds is 5. The first-order valence-electron chi connectivity index (χ1n) is 9.82. The molecule has 0 aliphatic carbocycles. The molecule has 3 rings (SSSR count). The average Bonchev–Trinajstić information content (AvgIpc) is 3.06. The van der Waals surface area contributed by atoms with Gasteiger partial charge in [0.05, 0.1) is 12.7 Å². The van der Waals surface area contributed by atoms with Crippen LogP contribution in [0.5, 0.6) is 0 Å². The first-order valence-corrected chi connectivity index (χ1v) is 10.2. The second-order valence-electron chi connectivity index (χ2n) is 7.29. The summed E-state index contributed by atoms with van der Waals surface area (Å²) >= 11 is 6.29. The highest BCUT2D eigenvalue weighted by molar-refractivity contribution is 6.31. The molecule has 0 saturated heterocycles. The van der Waals surface area contributed by atoms with Crippen molar-refractivity contribution in [1.29, 1.82) is 5.26 Å². The lowest BCUT2D eigenvalue weighted by molar-refractivity contribution is -0.112. The number of nitrogens with zero attached hydrogens (tertiary/aromatic N) is 2. The number of halogens is 1. The van der Waals surface area contributed by atoms with Gasteiger partial charge in [-0.3, -0.25) is 4.79 Å². The van der Waals surface area contributed by atoms with E-state index in [0.717, 1.165) is 28.2 Å². The van der Waals surface area contributed by atoms with Gasteiger partial charge in [0.15, 0.2) is 0 Å². The van der Waals surface area contributed by atoms with Crippen molar-refractivity contribution in [3.05, 3.63) is 87.2 Å². The van der Waals surface area contributed by atoms with Crippen LogP contribution in [0.3, 0.4) is 0 Å². The van der Waals surface area contributed by atoms with Gasteiger partial charge in [-0.15, -0.1) is 0 Å². The Morgan fingerprint density at radius 2 is 1.78 bits per heavy atom. The van der Waals surface area contributed by atoms with E-state index in [-0.39, 0.29) is 5.57 Å². The number of nitriles is 1. The second-order valence-corrected chi connectivity index (χ2v) is 7.70. The molecule has 7 heteroatoms. The highest BCUT2D eigenvalue weighted by atomic mass is 35.5. The summed E-state index contributed by atoms with van der Waals surface area (Å²) in [6.45, 7) is 5.81. The van der Waals surface area contributed by atoms with Gasteiger partial charge >= 0.3 is 5.97 Å². The number of esters is 1. The van der Waals surface area contributed by atoms with E-state index >= 15 is 0 Å². The SMILES string of the molecule is COC(=O)c1ccc(NC(=O)/C(C#N)=C\c2cc(C)n(-c3ccc(C)c(Cl)c3)c2C)cc1. The number of carbonyl (C=O) groups excluding carboxylic acids is 2. The Labute approximate surface area is 191 Å². The van der Waals surface area contributed by atoms with E-state index in [1.54, 1.807) is 18.2 Å². The van der Waals surface area contributed by atoms with Gasteiger partial charge in [-0.2, -0.15) is 5.26 Å². The van der Waals surface area contributed by atoms with Crippen molar-refractivity contribution in [3.8, 4) is 11.8 Å². The number of nitrogens with one attached hydrogen (secondary N) is 1. The fraction of sp³-hybridized carbons (Fsp3) is 0.160. The Hall–Kier alpha value is -3.82. The van der Waals surface area contributed by atoms with E-state index < -0.39 is 11.9 Å². The number of hydrogen-bond acceptors (Lipinski definition) is 4. The van der Waals surface area contributed by atoms with Gasteiger partial charge < -0.3 is 14.6 Å². The number of carbonyl (C=O) groups is 2. The number of aromatic nitrogens is 1. The van der Waals surface area contributed by atoms with E-state index in [1.807, 2.05) is 55.7 Å². The van der Waals surface area contributed by atoms with Crippen molar-refractivity contribution in [3.63, 3.8) is 0 Å². The number of aryl methyl sites for hydroxylation is 2. The number of anilines is 1. The fourth-order valence-electron chi connectivity index (χ4n) is 3.36. The molecule has 0 aliphatic heterocycles. The summed E-state index contributed by atoms with van der Waals surface area (Å²) in [4.78, 5) is 24.2. The Kier molecular flexibility index (Phi) is 6.82. The van der Waals surface area contributed by atoms with Crippen LogP contribution >= 0.6 is 11.6 Å². The lowest BCUT2D eigenvalue weighted by Crippen LogP contribution is -2.13. The van der Waals surface area contributed by atoms with Crippen LogP contribution in [0.1, 0.15) is 32.9 Å². The zero-order valence-corrected chi connectivity index (χ0v) is 18.9. The predicted molar refractivity (Wildman–Crippen MR) is 125 cm³/mol. The van der Waals surface area contributed by atoms with Gasteiger partial charge in [-0.25, -0.2) is 4.79 Å². The molecule has 0 fully saturated rings. The first-order chi connectivity index (χ1) is 15.2. The van der Waals surface area contributed by atoms with Crippen molar-refractivity contribution in [2.75, 3.05) is 12.4 Å². The third kappa shape index (κ3) is 4.74. The molecule has 1 amide bonds. The molecule has 2 aromatic carbocycles. The number of amides is 1. The van der Waals surface area contributed by atoms with Crippen LogP contribution in [0, 0.1) is 32.1 Å². The molecule has 1 N–H and O–H groups in total. The van der Waals surface area contributed by atoms with Crippen LogP contribution in [0.25, 0.3) is 11.8 Å². The maximum absolute atomic E-state index is 12.7. The highest BCUT2D eigenvalue weighted by Crippen LogP contribution is 2.26. The molecule has 0 atom stereocenters. The quantitative estimate of drug-likeness (QED) is 0.323. The number of ether oxygens (including phenoxy) is 1. The molecule has 32 heavy (non-hydrogen) atoms. The van der Waals surface area contributed by atoms with E-state index in [1.165, 1.54) is 19.2 Å². The van der Waals surface area contributed by atoms with Crippen molar-refractivity contribution < 1.29 is 14.3 Å². The number of benzene rings is 2. The third-order valence-electron chi connectivity index (χ3n) is 5.11. The summed E-state index contributed by atoms with van der Waals surface area (Å²) in [5, 5.41) is 12.9. The molecule has 3 aromatic rings. The Morgan fingerprint density at radius 3 is 2.38 bits per heavy atom. The lowest BCUT2D eigenvalue weighted by atomic mass is 10.1. The average molecular weight is 448 g/mol. The van der Waals surface area contributed by atoms with Gasteiger partial charge in [0.2, 0.25) is 0 Å². The standard InChI is InChI=1S/C25H22ClN3O3/c1-15-5-10-22(13-23(15)26)29-16(2)11-19(17(29)3)12-20(14-27)24(30)28-21-8-6-18(7-9-21)25(31)32-4/h5-13H,1-4H3,(H,28,30)/b20-12-. The smallest absolute Gasteiger partial charge is 0.337 e. The van der Waals surface area contributed by atoms with Gasteiger partial charge in [0, 0.05) is 27.8 Å². The van der Waals surface area contributed by atoms with Crippen LogP contribution in [-0.4, -0.2) is 23.6 Å². The molecule has 0 aliphatic rings. The van der Waals surface area contributed by atoms with Gasteiger partial charge in [-0.1, -0.05) is 17.7 Å². The van der Waals surface area contributed by atoms with Crippen LogP contribution in [-0.2, 0) is 9.53 Å². The zero-order valence-electron chi connectivity index (χ0n) is 18.2. The van der Waals surface area contributed by atoms with E-state index in [4.69, 9.17) is 11.6 Å². The number of hydrogen-bond donors (Lipinski definition) is 1. The molecule has 0 spiro atoms. The van der Waals surface area contributed by atoms with Crippen LogP contribution in [0.2, 0.25) is 5.02 Å². The normalized spacial score (nSPS) is 11.1. The van der Waals surface area contributed by atoms with Crippen LogP contribution < -0.4 is 5.32 Å². The molecule has 162 valence electrons. The minimum atomic E-state index is -0.540. The summed E-state index contributed by atoms with van der Waals surface area (Å²) < 4.78 is 6.68. The fourth-order valence-corrected chi connectivity index (χ4v) is 3.54. The van der Waals surface area contributed by atoms with Gasteiger partial charge in [-0.05, 0) is 80.4 Å². The van der Waals surface area contributed by atoms with Crippen molar-refractivity contribution in [1.82, 2.24) is 4.57 Å². The minimum Gasteiger partial charge on any atom is -0.465 e. The summed E-state index contributed by atoms with van der Waals surface area (Å²) in [6.07, 6.45) is 1.56. The molecular weight excluding hydrogens is 426 g/mol. The Bertz CT molecular complexity index is 1260. The minimum absolute atomic E-state index is 0.0377. The predicted octanol–water partition coefficient (Wildman–Crippen LogP) is 5.39. The zero-order chi connectivity index (χ0) is 23.4. The molecule has 1 aromatic heterocycles. The summed E-state index contributed by atoms with van der Waals surface area (Å²) in [6, 6.07) is 15.9. The monoisotopic (exact) mass is 447 g/mol. The van der Waals surface area contributed by atoms with E-state index in [2.05, 4.69) is 10.1 Å². The van der Waals surface area contributed by atoms with Gasteiger partial charge in [0.25, 0.3) is 5.91 Å².